The number of benzene rings is 1. The average molecular weight is 518 g/mol. The van der Waals surface area contributed by atoms with E-state index in [-0.39, 0.29) is 24.2 Å². The van der Waals surface area contributed by atoms with Gasteiger partial charge in [0.15, 0.2) is 11.5 Å². The van der Waals surface area contributed by atoms with Gasteiger partial charge in [-0.25, -0.2) is 0 Å². The Labute approximate surface area is 220 Å². The number of hydrogen-bond donors (Lipinski definition) is 0. The molecule has 1 aromatic carbocycles. The maximum Gasteiger partial charge on any atom is 0.228 e. The molecular formula is C28H43N3O6. The van der Waals surface area contributed by atoms with Crippen molar-refractivity contribution < 1.29 is 28.5 Å². The Bertz CT molecular complexity index is 913. The van der Waals surface area contributed by atoms with Crippen LogP contribution in [0.3, 0.4) is 0 Å². The third-order valence-corrected chi connectivity index (χ3v) is 8.21. The van der Waals surface area contributed by atoms with E-state index in [0.29, 0.717) is 54.6 Å². The molecule has 0 bridgehead atoms. The topological polar surface area (TPSA) is 80.8 Å². The van der Waals surface area contributed by atoms with Crippen molar-refractivity contribution in [3.63, 3.8) is 0 Å². The highest BCUT2D eigenvalue weighted by molar-refractivity contribution is 6.00. The largest absolute Gasteiger partial charge is 0.493 e. The number of piperidine rings is 2. The van der Waals surface area contributed by atoms with Gasteiger partial charge in [-0.2, -0.15) is 0 Å². The van der Waals surface area contributed by atoms with Crippen LogP contribution in [0, 0.1) is 11.8 Å². The minimum atomic E-state index is -0.375. The van der Waals surface area contributed by atoms with Gasteiger partial charge in [0.05, 0.1) is 32.9 Å². The van der Waals surface area contributed by atoms with Gasteiger partial charge in [-0.1, -0.05) is 6.42 Å². The van der Waals surface area contributed by atoms with Crippen molar-refractivity contribution in [3.8, 4) is 17.2 Å². The summed E-state index contributed by atoms with van der Waals surface area (Å²) in [7, 11) is 6.34. The van der Waals surface area contributed by atoms with E-state index in [1.165, 1.54) is 38.8 Å². The van der Waals surface area contributed by atoms with E-state index in [9.17, 15) is 9.59 Å². The molecule has 206 valence electrons. The molecule has 0 aromatic heterocycles. The molecule has 3 aliphatic heterocycles. The summed E-state index contributed by atoms with van der Waals surface area (Å²) in [5, 5.41) is 0. The predicted octanol–water partition coefficient (Wildman–Crippen LogP) is 3.19. The third-order valence-electron chi connectivity index (χ3n) is 8.21. The molecule has 3 fully saturated rings. The van der Waals surface area contributed by atoms with Crippen LogP contribution in [0.5, 0.6) is 17.2 Å². The van der Waals surface area contributed by atoms with Crippen LogP contribution in [0.1, 0.15) is 44.9 Å². The van der Waals surface area contributed by atoms with Gasteiger partial charge < -0.3 is 33.6 Å². The van der Waals surface area contributed by atoms with Crippen LogP contribution in [0.25, 0.3) is 0 Å². The zero-order chi connectivity index (χ0) is 26.4. The number of ether oxygens (including phenoxy) is 4. The van der Waals surface area contributed by atoms with E-state index in [1.807, 2.05) is 4.90 Å². The van der Waals surface area contributed by atoms with Crippen molar-refractivity contribution in [1.82, 2.24) is 9.80 Å². The summed E-state index contributed by atoms with van der Waals surface area (Å²) in [4.78, 5) is 33.3. The highest BCUT2D eigenvalue weighted by atomic mass is 16.5. The van der Waals surface area contributed by atoms with Gasteiger partial charge in [-0.05, 0) is 51.1 Å². The van der Waals surface area contributed by atoms with Gasteiger partial charge in [0.25, 0.3) is 0 Å². The second kappa shape index (κ2) is 12.8. The Morgan fingerprint density at radius 2 is 1.73 bits per heavy atom. The molecule has 3 aliphatic rings. The van der Waals surface area contributed by atoms with Crippen LogP contribution >= 0.6 is 0 Å². The Hall–Kier alpha value is -2.52. The van der Waals surface area contributed by atoms with Crippen LogP contribution in [0.2, 0.25) is 0 Å². The van der Waals surface area contributed by atoms with Crippen molar-refractivity contribution in [2.45, 2.75) is 51.0 Å². The second-order valence-electron chi connectivity index (χ2n) is 10.4. The van der Waals surface area contributed by atoms with Gasteiger partial charge in [0.2, 0.25) is 17.6 Å². The first-order valence-corrected chi connectivity index (χ1v) is 13.6. The van der Waals surface area contributed by atoms with Gasteiger partial charge >= 0.3 is 0 Å². The molecule has 0 saturated carbocycles. The number of fused-ring (bicyclic) bond motifs is 1. The van der Waals surface area contributed by atoms with Gasteiger partial charge in [-0.3, -0.25) is 9.59 Å². The zero-order valence-corrected chi connectivity index (χ0v) is 22.9. The molecule has 0 spiro atoms. The molecular weight excluding hydrogens is 474 g/mol. The number of amides is 2. The molecule has 3 saturated heterocycles. The normalized spacial score (nSPS) is 24.1. The average Bonchev–Trinajstić information content (AvgIpc) is 3.32. The Balaban J connectivity index is 1.50. The summed E-state index contributed by atoms with van der Waals surface area (Å²) < 4.78 is 21.7. The minimum absolute atomic E-state index is 0.0689. The molecule has 37 heavy (non-hydrogen) atoms. The van der Waals surface area contributed by atoms with Crippen molar-refractivity contribution in [2.75, 3.05) is 72.7 Å². The first kappa shape index (κ1) is 27.5. The standard InChI is InChI=1S/C28H43N3O6/c1-34-14-8-13-30(18-20-9-7-12-29-11-6-5-10-23(20)29)28(33)21-15-26(32)31(19-21)22-16-24(35-2)27(37-4)25(17-22)36-3/h16-17,20-21,23H,5-15,18-19H2,1-4H3/t20-,21-,23+/m0/s1. The molecule has 0 N–H and O–H groups in total. The van der Waals surface area contributed by atoms with Crippen LogP contribution in [-0.2, 0) is 14.3 Å². The SMILES string of the molecule is COCCCN(C[C@@H]1CCCN2CCCC[C@H]12)C(=O)[C@H]1CC(=O)N(c2cc(OC)c(OC)c(OC)c2)C1. The van der Waals surface area contributed by atoms with Crippen LogP contribution < -0.4 is 19.1 Å². The molecule has 0 aliphatic carbocycles. The van der Waals surface area contributed by atoms with Gasteiger partial charge in [0, 0.05) is 57.9 Å². The van der Waals surface area contributed by atoms with Crippen molar-refractivity contribution in [1.29, 1.82) is 0 Å². The Morgan fingerprint density at radius 3 is 2.41 bits per heavy atom. The summed E-state index contributed by atoms with van der Waals surface area (Å²) >= 11 is 0. The molecule has 1 aromatic rings. The lowest BCUT2D eigenvalue weighted by Crippen LogP contribution is -2.52. The minimum Gasteiger partial charge on any atom is -0.493 e. The summed E-state index contributed by atoms with van der Waals surface area (Å²) in [6.07, 6.45) is 7.13. The van der Waals surface area contributed by atoms with E-state index < -0.39 is 0 Å². The maximum atomic E-state index is 13.9. The molecule has 9 nitrogen and oxygen atoms in total. The second-order valence-corrected chi connectivity index (χ2v) is 10.4. The number of rotatable bonds is 11. The van der Waals surface area contributed by atoms with E-state index in [4.69, 9.17) is 18.9 Å². The number of carbonyl (C=O) groups is 2. The Morgan fingerprint density at radius 1 is 1.00 bits per heavy atom. The van der Waals surface area contributed by atoms with Gasteiger partial charge in [0.1, 0.15) is 0 Å². The first-order valence-electron chi connectivity index (χ1n) is 13.6. The van der Waals surface area contributed by atoms with Crippen LogP contribution in [0.15, 0.2) is 12.1 Å². The van der Waals surface area contributed by atoms with E-state index in [1.54, 1.807) is 45.5 Å². The lowest BCUT2D eigenvalue weighted by molar-refractivity contribution is -0.137. The molecule has 3 heterocycles. The number of nitrogens with zero attached hydrogens (tertiary/aromatic N) is 3. The fraction of sp³-hybridized carbons (Fsp3) is 0.714. The smallest absolute Gasteiger partial charge is 0.228 e. The summed E-state index contributed by atoms with van der Waals surface area (Å²) in [6, 6.07) is 4.10. The summed E-state index contributed by atoms with van der Waals surface area (Å²) in [6.45, 7) is 4.74. The lowest BCUT2D eigenvalue weighted by atomic mass is 9.83. The monoisotopic (exact) mass is 517 g/mol. The molecule has 0 radical (unpaired) electrons. The molecule has 0 unspecified atom stereocenters. The number of methoxy groups -OCH3 is 4. The highest BCUT2D eigenvalue weighted by Crippen LogP contribution is 2.42. The molecule has 2 amide bonds. The van der Waals surface area contributed by atoms with Gasteiger partial charge in [-0.15, -0.1) is 0 Å². The fourth-order valence-electron chi connectivity index (χ4n) is 6.37. The molecule has 4 rings (SSSR count). The van der Waals surface area contributed by atoms with Crippen molar-refractivity contribution in [3.05, 3.63) is 12.1 Å². The third kappa shape index (κ3) is 6.14. The summed E-state index contributed by atoms with van der Waals surface area (Å²) in [5.41, 5.74) is 0.644. The first-order chi connectivity index (χ1) is 18.0. The summed E-state index contributed by atoms with van der Waals surface area (Å²) in [5.74, 6) is 1.56. The quantitative estimate of drug-likeness (QED) is 0.417. The van der Waals surface area contributed by atoms with E-state index in [2.05, 4.69) is 4.90 Å². The maximum absolute atomic E-state index is 13.9. The van der Waals surface area contributed by atoms with E-state index >= 15 is 0 Å². The number of anilines is 1. The number of carbonyl (C=O) groups excluding carboxylic acids is 2. The Kier molecular flexibility index (Phi) is 9.54. The van der Waals surface area contributed by atoms with Crippen LogP contribution in [-0.4, -0.2) is 95.4 Å². The zero-order valence-electron chi connectivity index (χ0n) is 22.9. The highest BCUT2D eigenvalue weighted by Gasteiger charge is 2.40. The fourth-order valence-corrected chi connectivity index (χ4v) is 6.37. The van der Waals surface area contributed by atoms with Crippen molar-refractivity contribution >= 4 is 17.5 Å². The molecule has 9 heteroatoms. The molecule has 3 atom stereocenters. The predicted molar refractivity (Wildman–Crippen MR) is 142 cm³/mol. The number of hydrogen-bond acceptors (Lipinski definition) is 7. The lowest BCUT2D eigenvalue weighted by Gasteiger charge is -2.46. The van der Waals surface area contributed by atoms with Crippen LogP contribution in [0.4, 0.5) is 5.69 Å². The van der Waals surface area contributed by atoms with Crippen molar-refractivity contribution in [2.24, 2.45) is 11.8 Å². The van der Waals surface area contributed by atoms with E-state index in [0.717, 1.165) is 19.4 Å².